The molecule has 0 saturated carbocycles. The Balaban J connectivity index is 1.75. The van der Waals surface area contributed by atoms with E-state index in [0.29, 0.717) is 0 Å². The van der Waals surface area contributed by atoms with Crippen LogP contribution in [0, 0.1) is 27.7 Å². The highest BCUT2D eigenvalue weighted by Gasteiger charge is 2.23. The van der Waals surface area contributed by atoms with Gasteiger partial charge in [-0.1, -0.05) is 29.8 Å². The molecule has 1 aromatic carbocycles. The van der Waals surface area contributed by atoms with Gasteiger partial charge < -0.3 is 10.0 Å². The van der Waals surface area contributed by atoms with Crippen molar-refractivity contribution >= 4 is 5.82 Å². The molecule has 0 aliphatic carbocycles. The molecule has 2 aromatic rings. The number of anilines is 1. The number of allylic oxidation sites excluding steroid dienone is 1. The van der Waals surface area contributed by atoms with Gasteiger partial charge in [0, 0.05) is 50.4 Å². The number of benzene rings is 1. The summed E-state index contributed by atoms with van der Waals surface area (Å²) in [6, 6.07) is 6.65. The summed E-state index contributed by atoms with van der Waals surface area (Å²) in [6.07, 6.45) is 4.10. The fraction of sp³-hybridized carbons (Fsp3) is 0.520. The molecule has 0 bridgehead atoms. The Kier molecular flexibility index (Phi) is 7.62. The number of rotatable bonds is 8. The molecule has 30 heavy (non-hydrogen) atoms. The van der Waals surface area contributed by atoms with Crippen LogP contribution >= 0.6 is 0 Å². The lowest BCUT2D eigenvalue weighted by molar-refractivity contribution is 0.103. The van der Waals surface area contributed by atoms with E-state index in [-0.39, 0.29) is 6.10 Å². The van der Waals surface area contributed by atoms with E-state index >= 15 is 0 Å². The van der Waals surface area contributed by atoms with Crippen LogP contribution in [-0.2, 0) is 6.42 Å². The van der Waals surface area contributed by atoms with Crippen molar-refractivity contribution in [1.82, 2.24) is 14.9 Å². The predicted molar refractivity (Wildman–Crippen MR) is 124 cm³/mol. The maximum absolute atomic E-state index is 10.2. The van der Waals surface area contributed by atoms with Gasteiger partial charge in [0.1, 0.15) is 11.6 Å². The van der Waals surface area contributed by atoms with Crippen LogP contribution in [0.4, 0.5) is 5.82 Å². The molecule has 162 valence electrons. The van der Waals surface area contributed by atoms with Crippen LogP contribution in [-0.4, -0.2) is 58.8 Å². The van der Waals surface area contributed by atoms with Crippen molar-refractivity contribution in [1.29, 1.82) is 0 Å². The first kappa shape index (κ1) is 22.4. The van der Waals surface area contributed by atoms with Gasteiger partial charge in [0.25, 0.3) is 0 Å². The minimum Gasteiger partial charge on any atom is -0.392 e. The second-order valence-electron chi connectivity index (χ2n) is 8.57. The van der Waals surface area contributed by atoms with Crippen LogP contribution in [0.1, 0.15) is 46.6 Å². The summed E-state index contributed by atoms with van der Waals surface area (Å²) in [5, 5.41) is 10.2. The first-order valence-electron chi connectivity index (χ1n) is 11.0. The molecule has 0 spiro atoms. The van der Waals surface area contributed by atoms with Crippen molar-refractivity contribution < 1.29 is 5.11 Å². The van der Waals surface area contributed by atoms with E-state index in [1.54, 1.807) is 0 Å². The van der Waals surface area contributed by atoms with Crippen molar-refractivity contribution in [3.8, 4) is 0 Å². The Morgan fingerprint density at radius 1 is 1.10 bits per heavy atom. The third-order valence-corrected chi connectivity index (χ3v) is 6.02. The molecule has 2 heterocycles. The first-order chi connectivity index (χ1) is 14.4. The Morgan fingerprint density at radius 3 is 2.53 bits per heavy atom. The highest BCUT2D eigenvalue weighted by Crippen LogP contribution is 2.26. The second-order valence-corrected chi connectivity index (χ2v) is 8.57. The molecule has 1 aliphatic rings. The van der Waals surface area contributed by atoms with E-state index in [0.717, 1.165) is 69.3 Å². The minimum absolute atomic E-state index is 0.280. The number of hydrogen-bond acceptors (Lipinski definition) is 5. The van der Waals surface area contributed by atoms with E-state index in [1.807, 2.05) is 13.0 Å². The Hall–Kier alpha value is -2.24. The molecule has 1 saturated heterocycles. The summed E-state index contributed by atoms with van der Waals surface area (Å²) in [7, 11) is 0. The average Bonchev–Trinajstić information content (AvgIpc) is 2.71. The fourth-order valence-electron chi connectivity index (χ4n) is 4.21. The molecule has 5 heteroatoms. The SMILES string of the molecule is C=CCC[C@@H](O)CN1CCN(c2nc(C)nc(C)c2Cc2cc(C)ccc2C)CC1. The van der Waals surface area contributed by atoms with Crippen LogP contribution < -0.4 is 4.90 Å². The molecule has 0 radical (unpaired) electrons. The van der Waals surface area contributed by atoms with Crippen molar-refractivity contribution in [3.63, 3.8) is 0 Å². The summed E-state index contributed by atoms with van der Waals surface area (Å²) in [5.41, 5.74) is 6.24. The topological polar surface area (TPSA) is 52.5 Å². The molecule has 1 fully saturated rings. The van der Waals surface area contributed by atoms with E-state index in [4.69, 9.17) is 4.98 Å². The number of aromatic nitrogens is 2. The average molecular weight is 409 g/mol. The van der Waals surface area contributed by atoms with Gasteiger partial charge in [-0.2, -0.15) is 0 Å². The smallest absolute Gasteiger partial charge is 0.136 e. The van der Waals surface area contributed by atoms with Crippen LogP contribution in [0.2, 0.25) is 0 Å². The number of aryl methyl sites for hydroxylation is 4. The zero-order chi connectivity index (χ0) is 21.7. The molecule has 1 aromatic heterocycles. The van der Waals surface area contributed by atoms with E-state index in [1.165, 1.54) is 22.3 Å². The lowest BCUT2D eigenvalue weighted by Gasteiger charge is -2.37. The lowest BCUT2D eigenvalue weighted by Crippen LogP contribution is -2.49. The normalized spacial score (nSPS) is 16.0. The number of piperazine rings is 1. The highest BCUT2D eigenvalue weighted by molar-refractivity contribution is 5.52. The summed E-state index contributed by atoms with van der Waals surface area (Å²) < 4.78 is 0. The molecule has 1 aliphatic heterocycles. The lowest BCUT2D eigenvalue weighted by atomic mass is 9.97. The Bertz CT molecular complexity index is 872. The zero-order valence-corrected chi connectivity index (χ0v) is 19.0. The zero-order valence-electron chi connectivity index (χ0n) is 19.0. The molecule has 1 N–H and O–H groups in total. The minimum atomic E-state index is -0.280. The van der Waals surface area contributed by atoms with Gasteiger partial charge in [-0.25, -0.2) is 9.97 Å². The number of nitrogens with zero attached hydrogens (tertiary/aromatic N) is 4. The molecule has 1 atom stereocenters. The number of β-amino-alcohol motifs (C(OH)–C–C–N with tert-alkyl or cyclic N) is 1. The van der Waals surface area contributed by atoms with E-state index in [9.17, 15) is 5.11 Å². The largest absolute Gasteiger partial charge is 0.392 e. The van der Waals surface area contributed by atoms with Gasteiger partial charge in [0.05, 0.1) is 6.10 Å². The highest BCUT2D eigenvalue weighted by atomic mass is 16.3. The Labute approximate surface area is 181 Å². The van der Waals surface area contributed by atoms with E-state index < -0.39 is 0 Å². The maximum Gasteiger partial charge on any atom is 0.136 e. The van der Waals surface area contributed by atoms with Crippen molar-refractivity contribution in [3.05, 3.63) is 64.6 Å². The van der Waals surface area contributed by atoms with E-state index in [2.05, 4.69) is 60.3 Å². The van der Waals surface area contributed by atoms with Crippen LogP contribution in [0.3, 0.4) is 0 Å². The standard InChI is InChI=1S/C25H36N4O/c1-6-7-8-23(30)17-28-11-13-29(14-12-28)25-24(20(4)26-21(5)27-25)16-22-15-18(2)9-10-19(22)3/h6,9-10,15,23,30H,1,7-8,11-14,16-17H2,2-5H3/t23-/m1/s1. The quantitative estimate of drug-likeness (QED) is 0.674. The Morgan fingerprint density at radius 2 is 1.83 bits per heavy atom. The van der Waals surface area contributed by atoms with Gasteiger partial charge >= 0.3 is 0 Å². The summed E-state index contributed by atoms with van der Waals surface area (Å²) in [6.45, 7) is 16.6. The monoisotopic (exact) mass is 408 g/mol. The van der Waals surface area contributed by atoms with Gasteiger partial charge in [0.2, 0.25) is 0 Å². The van der Waals surface area contributed by atoms with Gasteiger partial charge in [0.15, 0.2) is 0 Å². The van der Waals surface area contributed by atoms with Crippen LogP contribution in [0.15, 0.2) is 30.9 Å². The van der Waals surface area contributed by atoms with Crippen LogP contribution in [0.25, 0.3) is 0 Å². The third kappa shape index (κ3) is 5.67. The number of aliphatic hydroxyl groups is 1. The fourth-order valence-corrected chi connectivity index (χ4v) is 4.21. The number of aliphatic hydroxyl groups excluding tert-OH is 1. The third-order valence-electron chi connectivity index (χ3n) is 6.02. The molecule has 0 unspecified atom stereocenters. The second kappa shape index (κ2) is 10.2. The maximum atomic E-state index is 10.2. The van der Waals surface area contributed by atoms with Crippen molar-refractivity contribution in [2.45, 2.75) is 53.1 Å². The molecular weight excluding hydrogens is 372 g/mol. The predicted octanol–water partition coefficient (Wildman–Crippen LogP) is 3.75. The molecule has 5 nitrogen and oxygen atoms in total. The van der Waals surface area contributed by atoms with Gasteiger partial charge in [-0.3, -0.25) is 4.90 Å². The molecule has 3 rings (SSSR count). The van der Waals surface area contributed by atoms with Crippen LogP contribution in [0.5, 0.6) is 0 Å². The molecular formula is C25H36N4O. The molecule has 0 amide bonds. The van der Waals surface area contributed by atoms with Gasteiger partial charge in [-0.05, 0) is 51.7 Å². The first-order valence-corrected chi connectivity index (χ1v) is 11.0. The summed E-state index contributed by atoms with van der Waals surface area (Å²) in [4.78, 5) is 14.3. The number of hydrogen-bond donors (Lipinski definition) is 1. The summed E-state index contributed by atoms with van der Waals surface area (Å²) in [5.74, 6) is 1.90. The van der Waals surface area contributed by atoms with Gasteiger partial charge in [-0.15, -0.1) is 6.58 Å². The van der Waals surface area contributed by atoms with Crippen molar-refractivity contribution in [2.75, 3.05) is 37.6 Å². The van der Waals surface area contributed by atoms with Crippen molar-refractivity contribution in [2.24, 2.45) is 0 Å². The summed E-state index contributed by atoms with van der Waals surface area (Å²) >= 11 is 0.